The lowest BCUT2D eigenvalue weighted by atomic mass is 10.2. The molecule has 2 aromatic heterocycles. The van der Waals surface area contributed by atoms with Crippen molar-refractivity contribution in [1.82, 2.24) is 14.5 Å². The largest absolute Gasteiger partial charge is 0.352 e. The first-order valence-electron chi connectivity index (χ1n) is 7.25. The first kappa shape index (κ1) is 14.6. The van der Waals surface area contributed by atoms with E-state index in [1.807, 2.05) is 12.3 Å². The van der Waals surface area contributed by atoms with E-state index in [-0.39, 0.29) is 5.56 Å². The molecule has 1 unspecified atom stereocenters. The third-order valence-electron chi connectivity index (χ3n) is 3.47. The molecule has 4 heteroatoms. The third-order valence-corrected chi connectivity index (χ3v) is 3.47. The second-order valence-corrected chi connectivity index (χ2v) is 5.09. The van der Waals surface area contributed by atoms with Crippen molar-refractivity contribution in [3.05, 3.63) is 58.8 Å². The van der Waals surface area contributed by atoms with E-state index in [4.69, 9.17) is 0 Å². The van der Waals surface area contributed by atoms with Crippen molar-refractivity contribution in [1.29, 1.82) is 0 Å². The van der Waals surface area contributed by atoms with Crippen LogP contribution in [-0.4, -0.2) is 15.7 Å². The summed E-state index contributed by atoms with van der Waals surface area (Å²) in [6, 6.07) is 7.77. The zero-order valence-electron chi connectivity index (χ0n) is 12.2. The number of pyridine rings is 1. The molecular formula is C16H23N3O. The molecule has 0 amide bonds. The van der Waals surface area contributed by atoms with E-state index in [1.54, 1.807) is 16.7 Å². The van der Waals surface area contributed by atoms with Crippen molar-refractivity contribution in [2.45, 2.75) is 39.4 Å². The molecule has 0 radical (unpaired) electrons. The Morgan fingerprint density at radius 1 is 1.20 bits per heavy atom. The monoisotopic (exact) mass is 273 g/mol. The second kappa shape index (κ2) is 7.10. The van der Waals surface area contributed by atoms with E-state index in [2.05, 4.69) is 42.2 Å². The summed E-state index contributed by atoms with van der Waals surface area (Å²) in [4.78, 5) is 11.6. The highest BCUT2D eigenvalue weighted by Gasteiger charge is 2.05. The summed E-state index contributed by atoms with van der Waals surface area (Å²) in [5.41, 5.74) is 1.34. The minimum Gasteiger partial charge on any atom is -0.352 e. The van der Waals surface area contributed by atoms with Gasteiger partial charge < -0.3 is 14.5 Å². The van der Waals surface area contributed by atoms with E-state index in [0.29, 0.717) is 12.6 Å². The number of nitrogens with zero attached hydrogens (tertiary/aromatic N) is 2. The highest BCUT2D eigenvalue weighted by atomic mass is 16.1. The van der Waals surface area contributed by atoms with Crippen LogP contribution >= 0.6 is 0 Å². The number of hydrogen-bond acceptors (Lipinski definition) is 2. The van der Waals surface area contributed by atoms with Gasteiger partial charge in [-0.05, 0) is 37.6 Å². The summed E-state index contributed by atoms with van der Waals surface area (Å²) in [5.74, 6) is 0. The SMILES string of the molecule is CCCNC(C)c1ccn(CCn2ccccc2=O)c1. The molecule has 0 aliphatic heterocycles. The Morgan fingerprint density at radius 2 is 2.05 bits per heavy atom. The van der Waals surface area contributed by atoms with Crippen molar-refractivity contribution in [3.63, 3.8) is 0 Å². The zero-order valence-corrected chi connectivity index (χ0v) is 12.2. The fourth-order valence-electron chi connectivity index (χ4n) is 2.20. The lowest BCUT2D eigenvalue weighted by molar-refractivity contribution is 0.554. The maximum atomic E-state index is 11.6. The first-order valence-corrected chi connectivity index (χ1v) is 7.25. The third kappa shape index (κ3) is 3.84. The van der Waals surface area contributed by atoms with Gasteiger partial charge in [0.15, 0.2) is 0 Å². The number of hydrogen-bond donors (Lipinski definition) is 1. The van der Waals surface area contributed by atoms with Crippen molar-refractivity contribution in [2.75, 3.05) is 6.54 Å². The molecule has 0 aromatic carbocycles. The summed E-state index contributed by atoms with van der Waals surface area (Å²) in [6.45, 7) is 6.89. The Hall–Kier alpha value is -1.81. The van der Waals surface area contributed by atoms with Crippen LogP contribution in [0.3, 0.4) is 0 Å². The van der Waals surface area contributed by atoms with Gasteiger partial charge in [-0.25, -0.2) is 0 Å². The van der Waals surface area contributed by atoms with Crippen molar-refractivity contribution < 1.29 is 0 Å². The molecule has 0 bridgehead atoms. The van der Waals surface area contributed by atoms with Crippen LogP contribution in [0.2, 0.25) is 0 Å². The topological polar surface area (TPSA) is 39.0 Å². The molecule has 0 fully saturated rings. The van der Waals surface area contributed by atoms with Gasteiger partial charge in [-0.3, -0.25) is 4.79 Å². The van der Waals surface area contributed by atoms with Crippen molar-refractivity contribution >= 4 is 0 Å². The van der Waals surface area contributed by atoms with Crippen LogP contribution in [0, 0.1) is 0 Å². The maximum absolute atomic E-state index is 11.6. The number of nitrogens with one attached hydrogen (secondary N) is 1. The highest BCUT2D eigenvalue weighted by molar-refractivity contribution is 5.14. The molecule has 20 heavy (non-hydrogen) atoms. The number of aromatic nitrogens is 2. The Kier molecular flexibility index (Phi) is 5.18. The molecule has 0 aliphatic carbocycles. The smallest absolute Gasteiger partial charge is 0.250 e. The minimum atomic E-state index is 0.0536. The van der Waals surface area contributed by atoms with Gasteiger partial charge in [0.25, 0.3) is 5.56 Å². The van der Waals surface area contributed by atoms with Crippen LogP contribution < -0.4 is 10.9 Å². The summed E-state index contributed by atoms with van der Waals surface area (Å²) >= 11 is 0. The maximum Gasteiger partial charge on any atom is 0.250 e. The van der Waals surface area contributed by atoms with Crippen molar-refractivity contribution in [2.24, 2.45) is 0 Å². The minimum absolute atomic E-state index is 0.0536. The number of aryl methyl sites for hydroxylation is 2. The Labute approximate surface area is 120 Å². The average molecular weight is 273 g/mol. The van der Waals surface area contributed by atoms with Crippen LogP contribution in [-0.2, 0) is 13.1 Å². The molecule has 0 spiro atoms. The quantitative estimate of drug-likeness (QED) is 0.841. The van der Waals surface area contributed by atoms with E-state index in [9.17, 15) is 4.79 Å². The molecule has 4 nitrogen and oxygen atoms in total. The van der Waals surface area contributed by atoms with Crippen LogP contribution in [0.4, 0.5) is 0 Å². The van der Waals surface area contributed by atoms with Gasteiger partial charge >= 0.3 is 0 Å². The lowest BCUT2D eigenvalue weighted by Crippen LogP contribution is -2.20. The average Bonchev–Trinajstić information content (AvgIpc) is 2.93. The van der Waals surface area contributed by atoms with Crippen molar-refractivity contribution in [3.8, 4) is 0 Å². The van der Waals surface area contributed by atoms with Gasteiger partial charge in [0, 0.05) is 43.8 Å². The Morgan fingerprint density at radius 3 is 2.80 bits per heavy atom. The van der Waals surface area contributed by atoms with Gasteiger partial charge in [-0.2, -0.15) is 0 Å². The van der Waals surface area contributed by atoms with Crippen LogP contribution in [0.15, 0.2) is 47.7 Å². The predicted molar refractivity (Wildman–Crippen MR) is 81.8 cm³/mol. The van der Waals surface area contributed by atoms with E-state index < -0.39 is 0 Å². The normalized spacial score (nSPS) is 12.5. The first-order chi connectivity index (χ1) is 9.70. The number of rotatable bonds is 7. The van der Waals surface area contributed by atoms with Crippen LogP contribution in [0.1, 0.15) is 31.9 Å². The summed E-state index contributed by atoms with van der Waals surface area (Å²) < 4.78 is 3.87. The van der Waals surface area contributed by atoms with Gasteiger partial charge in [-0.15, -0.1) is 0 Å². The molecule has 0 saturated heterocycles. The molecule has 2 heterocycles. The van der Waals surface area contributed by atoms with Crippen LogP contribution in [0.5, 0.6) is 0 Å². The fourth-order valence-corrected chi connectivity index (χ4v) is 2.20. The van der Waals surface area contributed by atoms with E-state index in [1.165, 1.54) is 5.56 Å². The van der Waals surface area contributed by atoms with Crippen LogP contribution in [0.25, 0.3) is 0 Å². The zero-order chi connectivity index (χ0) is 14.4. The van der Waals surface area contributed by atoms with Gasteiger partial charge in [0.2, 0.25) is 0 Å². The highest BCUT2D eigenvalue weighted by Crippen LogP contribution is 2.12. The molecule has 0 saturated carbocycles. The molecule has 1 N–H and O–H groups in total. The van der Waals surface area contributed by atoms with E-state index >= 15 is 0 Å². The fraction of sp³-hybridized carbons (Fsp3) is 0.438. The van der Waals surface area contributed by atoms with Gasteiger partial charge in [0.1, 0.15) is 0 Å². The molecule has 1 atom stereocenters. The predicted octanol–water partition coefficient (Wildman–Crippen LogP) is 2.41. The lowest BCUT2D eigenvalue weighted by Gasteiger charge is -2.11. The molecule has 2 aromatic rings. The standard InChI is InChI=1S/C16H23N3O/c1-3-8-17-14(2)15-7-10-18(13-15)11-12-19-9-5-4-6-16(19)20/h4-7,9-10,13-14,17H,3,8,11-12H2,1-2H3. The van der Waals surface area contributed by atoms with E-state index in [0.717, 1.165) is 19.5 Å². The van der Waals surface area contributed by atoms with Gasteiger partial charge in [0.05, 0.1) is 0 Å². The summed E-state index contributed by atoms with van der Waals surface area (Å²) in [5, 5.41) is 3.48. The molecular weight excluding hydrogens is 250 g/mol. The molecule has 2 rings (SSSR count). The second-order valence-electron chi connectivity index (χ2n) is 5.09. The molecule has 0 aliphatic rings. The Balaban J connectivity index is 1.93. The summed E-state index contributed by atoms with van der Waals surface area (Å²) in [6.07, 6.45) is 7.20. The van der Waals surface area contributed by atoms with Gasteiger partial charge in [-0.1, -0.05) is 13.0 Å². The Bertz CT molecular complexity index is 585. The summed E-state index contributed by atoms with van der Waals surface area (Å²) in [7, 11) is 0. The molecule has 108 valence electrons.